The van der Waals surface area contributed by atoms with Crippen molar-refractivity contribution in [2.45, 2.75) is 25.9 Å². The van der Waals surface area contributed by atoms with E-state index >= 15 is 0 Å². The van der Waals surface area contributed by atoms with Crippen molar-refractivity contribution in [3.05, 3.63) is 40.4 Å². The summed E-state index contributed by atoms with van der Waals surface area (Å²) in [6.45, 7) is 1.40. The fourth-order valence-corrected chi connectivity index (χ4v) is 1.79. The molecule has 7 heteroatoms. The van der Waals surface area contributed by atoms with E-state index in [1.54, 1.807) is 24.3 Å². The van der Waals surface area contributed by atoms with Crippen LogP contribution in [0.5, 0.6) is 0 Å². The van der Waals surface area contributed by atoms with Gasteiger partial charge in [-0.05, 0) is 19.1 Å². The number of amides is 1. The van der Waals surface area contributed by atoms with Crippen molar-refractivity contribution in [1.29, 1.82) is 0 Å². The molecule has 1 amide bonds. The van der Waals surface area contributed by atoms with Crippen LogP contribution in [0.2, 0.25) is 0 Å². The van der Waals surface area contributed by atoms with Gasteiger partial charge in [0.2, 0.25) is 0 Å². The number of aromatic amines is 1. The number of aryl methyl sites for hydroxylation is 1. The lowest BCUT2D eigenvalue weighted by Crippen LogP contribution is -2.30. The number of H-pyrrole nitrogens is 1. The quantitative estimate of drug-likeness (QED) is 0.767. The van der Waals surface area contributed by atoms with Crippen LogP contribution in [0.25, 0.3) is 10.9 Å². The first-order valence-corrected chi connectivity index (χ1v) is 6.44. The predicted octanol–water partition coefficient (Wildman–Crippen LogP) is 0.273. The van der Waals surface area contributed by atoms with Crippen LogP contribution in [-0.4, -0.2) is 27.9 Å². The maximum Gasteiger partial charge on any atom is 0.307 e. The van der Waals surface area contributed by atoms with Gasteiger partial charge in [-0.3, -0.25) is 14.4 Å². The van der Waals surface area contributed by atoms with Crippen molar-refractivity contribution in [3.63, 3.8) is 0 Å². The van der Waals surface area contributed by atoms with E-state index in [2.05, 4.69) is 9.97 Å². The summed E-state index contributed by atoms with van der Waals surface area (Å²) in [7, 11) is 0. The fraction of sp³-hybridized carbons (Fsp3) is 0.286. The van der Waals surface area contributed by atoms with Crippen LogP contribution in [0.15, 0.2) is 29.1 Å². The highest BCUT2D eigenvalue weighted by atomic mass is 16.5. The molecule has 21 heavy (non-hydrogen) atoms. The van der Waals surface area contributed by atoms with Gasteiger partial charge in [0, 0.05) is 6.42 Å². The van der Waals surface area contributed by atoms with Gasteiger partial charge in [-0.25, -0.2) is 4.98 Å². The Morgan fingerprint density at radius 2 is 2.10 bits per heavy atom. The molecule has 0 fully saturated rings. The van der Waals surface area contributed by atoms with Crippen molar-refractivity contribution in [1.82, 2.24) is 9.97 Å². The van der Waals surface area contributed by atoms with E-state index in [1.165, 1.54) is 6.92 Å². The Hall–Kier alpha value is -2.70. The van der Waals surface area contributed by atoms with Crippen LogP contribution in [0.1, 0.15) is 19.2 Å². The minimum Gasteiger partial charge on any atom is -0.453 e. The van der Waals surface area contributed by atoms with Crippen molar-refractivity contribution in [2.75, 3.05) is 0 Å². The number of aromatic nitrogens is 2. The molecule has 0 unspecified atom stereocenters. The van der Waals surface area contributed by atoms with Gasteiger partial charge in [-0.2, -0.15) is 0 Å². The van der Waals surface area contributed by atoms with Crippen LogP contribution < -0.4 is 11.3 Å². The first-order valence-electron chi connectivity index (χ1n) is 6.44. The molecule has 1 aromatic carbocycles. The number of benzene rings is 1. The highest BCUT2D eigenvalue weighted by Gasteiger charge is 2.14. The number of carbonyl (C=O) groups excluding carboxylic acids is 2. The van der Waals surface area contributed by atoms with Crippen molar-refractivity contribution < 1.29 is 14.3 Å². The van der Waals surface area contributed by atoms with Gasteiger partial charge < -0.3 is 15.5 Å². The lowest BCUT2D eigenvalue weighted by molar-refractivity contribution is -0.153. The zero-order valence-corrected chi connectivity index (χ0v) is 11.5. The van der Waals surface area contributed by atoms with Crippen LogP contribution in [0.3, 0.4) is 0 Å². The van der Waals surface area contributed by atoms with Gasteiger partial charge in [0.1, 0.15) is 5.82 Å². The summed E-state index contributed by atoms with van der Waals surface area (Å²) < 4.78 is 4.82. The maximum atomic E-state index is 11.8. The molecule has 0 saturated carbocycles. The van der Waals surface area contributed by atoms with Gasteiger partial charge in [0.05, 0.1) is 17.3 Å². The monoisotopic (exact) mass is 289 g/mol. The van der Waals surface area contributed by atoms with Crippen LogP contribution >= 0.6 is 0 Å². The average molecular weight is 289 g/mol. The van der Waals surface area contributed by atoms with E-state index in [0.29, 0.717) is 16.7 Å². The summed E-state index contributed by atoms with van der Waals surface area (Å²) in [6, 6.07) is 6.93. The number of esters is 1. The van der Waals surface area contributed by atoms with E-state index in [4.69, 9.17) is 10.5 Å². The summed E-state index contributed by atoms with van der Waals surface area (Å²) >= 11 is 0. The molecule has 1 heterocycles. The zero-order valence-electron chi connectivity index (χ0n) is 11.5. The molecule has 7 nitrogen and oxygen atoms in total. The van der Waals surface area contributed by atoms with Gasteiger partial charge in [-0.1, -0.05) is 12.1 Å². The number of primary amides is 1. The van der Waals surface area contributed by atoms with E-state index in [9.17, 15) is 14.4 Å². The molecule has 1 aromatic heterocycles. The van der Waals surface area contributed by atoms with Crippen LogP contribution in [-0.2, 0) is 20.7 Å². The van der Waals surface area contributed by atoms with Crippen molar-refractivity contribution in [3.8, 4) is 0 Å². The summed E-state index contributed by atoms with van der Waals surface area (Å²) in [6.07, 6.45) is -0.760. The number of rotatable bonds is 5. The molecular weight excluding hydrogens is 274 g/mol. The smallest absolute Gasteiger partial charge is 0.307 e. The van der Waals surface area contributed by atoms with E-state index in [-0.39, 0.29) is 18.4 Å². The van der Waals surface area contributed by atoms with Crippen LogP contribution in [0.4, 0.5) is 0 Å². The van der Waals surface area contributed by atoms with E-state index < -0.39 is 18.0 Å². The van der Waals surface area contributed by atoms with E-state index in [1.807, 2.05) is 0 Å². The second-order valence-corrected chi connectivity index (χ2v) is 4.56. The predicted molar refractivity (Wildman–Crippen MR) is 75.4 cm³/mol. The highest BCUT2D eigenvalue weighted by Crippen LogP contribution is 2.07. The Morgan fingerprint density at radius 3 is 2.81 bits per heavy atom. The van der Waals surface area contributed by atoms with Crippen molar-refractivity contribution in [2.24, 2.45) is 5.73 Å². The van der Waals surface area contributed by atoms with Gasteiger partial charge in [0.15, 0.2) is 6.10 Å². The number of hydrogen-bond acceptors (Lipinski definition) is 5. The SMILES string of the molecule is C[C@@H](OC(=O)CCc1nc2ccccc2c(=O)[nH]1)C(N)=O. The van der Waals surface area contributed by atoms with Gasteiger partial charge in [-0.15, -0.1) is 0 Å². The molecule has 0 aliphatic heterocycles. The molecule has 0 spiro atoms. The summed E-state index contributed by atoms with van der Waals surface area (Å²) in [5, 5.41) is 0.492. The standard InChI is InChI=1S/C14H15N3O4/c1-8(13(15)19)21-12(18)7-6-11-16-10-5-3-2-4-9(10)14(20)17-11/h2-5,8H,6-7H2,1H3,(H2,15,19)(H,16,17,20)/t8-/m1/s1. The Balaban J connectivity index is 2.05. The number of carbonyl (C=O) groups is 2. The minimum atomic E-state index is -0.971. The third-order valence-electron chi connectivity index (χ3n) is 2.94. The summed E-state index contributed by atoms with van der Waals surface area (Å²) in [4.78, 5) is 41.0. The normalized spacial score (nSPS) is 12.0. The number of nitrogens with zero attached hydrogens (tertiary/aromatic N) is 1. The molecule has 3 N–H and O–H groups in total. The number of fused-ring (bicyclic) bond motifs is 1. The number of para-hydroxylation sites is 1. The molecule has 110 valence electrons. The molecule has 0 radical (unpaired) electrons. The Kier molecular flexibility index (Phi) is 4.32. The summed E-state index contributed by atoms with van der Waals surface area (Å²) in [5.41, 5.74) is 5.31. The molecule has 2 rings (SSSR count). The second-order valence-electron chi connectivity index (χ2n) is 4.56. The molecule has 0 saturated heterocycles. The Labute approximate surface area is 120 Å². The molecular formula is C14H15N3O4. The Morgan fingerprint density at radius 1 is 1.38 bits per heavy atom. The zero-order chi connectivity index (χ0) is 15.4. The number of nitrogens with one attached hydrogen (secondary N) is 1. The van der Waals surface area contributed by atoms with Crippen molar-refractivity contribution >= 4 is 22.8 Å². The molecule has 1 atom stereocenters. The summed E-state index contributed by atoms with van der Waals surface area (Å²) in [5.74, 6) is -0.889. The molecule has 2 aromatic rings. The van der Waals surface area contributed by atoms with Crippen LogP contribution in [0, 0.1) is 0 Å². The van der Waals surface area contributed by atoms with Gasteiger partial charge >= 0.3 is 5.97 Å². The second kappa shape index (κ2) is 6.17. The molecule has 0 bridgehead atoms. The lowest BCUT2D eigenvalue weighted by Gasteiger charge is -2.09. The number of nitrogens with two attached hydrogens (primary N) is 1. The lowest BCUT2D eigenvalue weighted by atomic mass is 10.2. The third kappa shape index (κ3) is 3.65. The van der Waals surface area contributed by atoms with E-state index in [0.717, 1.165) is 0 Å². The fourth-order valence-electron chi connectivity index (χ4n) is 1.79. The largest absolute Gasteiger partial charge is 0.453 e. The first kappa shape index (κ1) is 14.7. The molecule has 0 aliphatic rings. The first-order chi connectivity index (χ1) is 9.97. The Bertz CT molecular complexity index is 738. The topological polar surface area (TPSA) is 115 Å². The third-order valence-corrected chi connectivity index (χ3v) is 2.94. The molecule has 0 aliphatic carbocycles. The van der Waals surface area contributed by atoms with Gasteiger partial charge in [0.25, 0.3) is 11.5 Å². The maximum absolute atomic E-state index is 11.8. The average Bonchev–Trinajstić information content (AvgIpc) is 2.45. The highest BCUT2D eigenvalue weighted by molar-refractivity contribution is 5.82. The number of ether oxygens (including phenoxy) is 1. The minimum absolute atomic E-state index is 0.00109. The number of hydrogen-bond donors (Lipinski definition) is 2.